The van der Waals surface area contributed by atoms with Gasteiger partial charge in [-0.1, -0.05) is 231 Å². The lowest BCUT2D eigenvalue weighted by atomic mass is 9.95. The summed E-state index contributed by atoms with van der Waals surface area (Å²) in [6.07, 6.45) is 0. The van der Waals surface area contributed by atoms with Crippen molar-refractivity contribution >= 4 is 0 Å². The molecule has 9 aromatic carbocycles. The van der Waals surface area contributed by atoms with E-state index in [1.54, 1.807) is 0 Å². The van der Waals surface area contributed by atoms with Gasteiger partial charge >= 0.3 is 0 Å². The van der Waals surface area contributed by atoms with E-state index in [4.69, 9.17) is 19.9 Å². The van der Waals surface area contributed by atoms with Crippen LogP contribution in [0.5, 0.6) is 0 Å². The maximum atomic E-state index is 5.13. The van der Waals surface area contributed by atoms with Crippen LogP contribution in [0.3, 0.4) is 0 Å². The summed E-state index contributed by atoms with van der Waals surface area (Å²) < 4.78 is 0. The highest BCUT2D eigenvalue weighted by Crippen LogP contribution is 2.34. The Kier molecular flexibility index (Phi) is 10.9. The van der Waals surface area contributed by atoms with Crippen LogP contribution in [0.2, 0.25) is 0 Å². The topological polar surface area (TPSA) is 51.6 Å². The molecule has 4 heteroatoms. The Balaban J connectivity index is 0.819. The summed E-state index contributed by atoms with van der Waals surface area (Å²) in [5.41, 5.74) is 18.5. The van der Waals surface area contributed by atoms with Gasteiger partial charge in [0.1, 0.15) is 0 Å². The highest BCUT2D eigenvalue weighted by atomic mass is 15.0. The smallest absolute Gasteiger partial charge is 0.164 e. The number of aromatic nitrogens is 4. The average Bonchev–Trinajstić information content (AvgIpc) is 3.42. The number of pyridine rings is 1. The second-order valence-corrected chi connectivity index (χ2v) is 16.3. The number of benzene rings is 9. The molecule has 0 aliphatic carbocycles. The van der Waals surface area contributed by atoms with Crippen LogP contribution in [-0.2, 0) is 0 Å². The SMILES string of the molecule is c1ccc(-c2cc(-c3ccccc3)nc(-c3ccc(-c4cccc(-c5ccc(-c6cccc(-c7ccc(-c8nc(-c9ccccc9)nc(-c9ccccc9)n8)cc7)c6)cc5)c4)cc3)c2)cc1. The zero-order chi connectivity index (χ0) is 44.1. The summed E-state index contributed by atoms with van der Waals surface area (Å²) in [5, 5.41) is 0. The van der Waals surface area contributed by atoms with Gasteiger partial charge in [-0.15, -0.1) is 0 Å². The molecule has 0 aliphatic heterocycles. The number of hydrogen-bond donors (Lipinski definition) is 0. The van der Waals surface area contributed by atoms with Crippen molar-refractivity contribution in [3.8, 4) is 112 Å². The van der Waals surface area contributed by atoms with Crippen LogP contribution in [-0.4, -0.2) is 19.9 Å². The third-order valence-corrected chi connectivity index (χ3v) is 12.0. The van der Waals surface area contributed by atoms with Crippen LogP contribution in [0.4, 0.5) is 0 Å². The fourth-order valence-electron chi connectivity index (χ4n) is 8.43. The Hall–Kier alpha value is -8.86. The lowest BCUT2D eigenvalue weighted by Gasteiger charge is -2.11. The zero-order valence-corrected chi connectivity index (χ0v) is 36.0. The predicted molar refractivity (Wildman–Crippen MR) is 272 cm³/mol. The van der Waals surface area contributed by atoms with Crippen molar-refractivity contribution in [3.05, 3.63) is 255 Å². The van der Waals surface area contributed by atoms with E-state index in [2.05, 4.69) is 188 Å². The van der Waals surface area contributed by atoms with Gasteiger partial charge in [-0.05, 0) is 79.9 Å². The van der Waals surface area contributed by atoms with Crippen LogP contribution in [0.15, 0.2) is 255 Å². The lowest BCUT2D eigenvalue weighted by molar-refractivity contribution is 1.07. The fraction of sp³-hybridized carbons (Fsp3) is 0. The van der Waals surface area contributed by atoms with Crippen molar-refractivity contribution in [2.75, 3.05) is 0 Å². The van der Waals surface area contributed by atoms with E-state index in [-0.39, 0.29) is 0 Å². The summed E-state index contributed by atoms with van der Waals surface area (Å²) in [7, 11) is 0. The van der Waals surface area contributed by atoms with E-state index in [0.717, 1.165) is 72.6 Å². The Morgan fingerprint density at radius 1 is 0.152 bits per heavy atom. The normalized spacial score (nSPS) is 11.0. The molecule has 0 radical (unpaired) electrons. The van der Waals surface area contributed by atoms with Crippen LogP contribution in [0.25, 0.3) is 112 Å². The zero-order valence-electron chi connectivity index (χ0n) is 36.0. The maximum absolute atomic E-state index is 5.13. The molecule has 0 fully saturated rings. The van der Waals surface area contributed by atoms with Crippen molar-refractivity contribution < 1.29 is 0 Å². The second-order valence-electron chi connectivity index (χ2n) is 16.3. The van der Waals surface area contributed by atoms with Crippen LogP contribution < -0.4 is 0 Å². The standard InChI is InChI=1S/C62H42N4/c1-5-15-43(16-6-1)57-41-58(48-17-7-2-8-18-48)63-59(42-57)49-35-31-46(32-36-49)55-25-13-23-53(39-55)44-27-29-45(30-28-44)54-24-14-26-56(40-54)47-33-37-52(38-34-47)62-65-60(50-19-9-3-10-20-50)64-61(66-62)51-21-11-4-12-22-51/h1-42H. The van der Waals surface area contributed by atoms with Gasteiger partial charge in [-0.2, -0.15) is 0 Å². The molecule has 0 saturated heterocycles. The van der Waals surface area contributed by atoms with Crippen LogP contribution in [0.1, 0.15) is 0 Å². The quantitative estimate of drug-likeness (QED) is 0.138. The average molecular weight is 843 g/mol. The highest BCUT2D eigenvalue weighted by Gasteiger charge is 2.14. The van der Waals surface area contributed by atoms with Gasteiger partial charge < -0.3 is 0 Å². The molecule has 2 aromatic heterocycles. The minimum Gasteiger partial charge on any atom is -0.248 e. The monoisotopic (exact) mass is 842 g/mol. The number of nitrogens with zero attached hydrogens (tertiary/aromatic N) is 4. The summed E-state index contributed by atoms with van der Waals surface area (Å²) >= 11 is 0. The molecule has 0 atom stereocenters. The van der Waals surface area contributed by atoms with Gasteiger partial charge in [-0.25, -0.2) is 19.9 Å². The van der Waals surface area contributed by atoms with Gasteiger partial charge in [0.25, 0.3) is 0 Å². The van der Waals surface area contributed by atoms with Crippen molar-refractivity contribution in [2.24, 2.45) is 0 Å². The predicted octanol–water partition coefficient (Wildman–Crippen LogP) is 15.9. The first-order valence-corrected chi connectivity index (χ1v) is 22.2. The minimum atomic E-state index is 0.641. The van der Waals surface area contributed by atoms with Gasteiger partial charge in [0.05, 0.1) is 11.4 Å². The van der Waals surface area contributed by atoms with Crippen molar-refractivity contribution in [1.82, 2.24) is 19.9 Å². The molecule has 11 rings (SSSR count). The van der Waals surface area contributed by atoms with Gasteiger partial charge in [0, 0.05) is 27.8 Å². The minimum absolute atomic E-state index is 0.641. The number of rotatable bonds is 10. The molecular formula is C62H42N4. The third-order valence-electron chi connectivity index (χ3n) is 12.0. The molecule has 0 N–H and O–H groups in total. The first-order chi connectivity index (χ1) is 32.7. The molecule has 66 heavy (non-hydrogen) atoms. The Labute approximate surface area is 385 Å². The van der Waals surface area contributed by atoms with E-state index in [1.165, 1.54) is 22.3 Å². The van der Waals surface area contributed by atoms with E-state index >= 15 is 0 Å². The van der Waals surface area contributed by atoms with Gasteiger partial charge in [0.2, 0.25) is 0 Å². The van der Waals surface area contributed by atoms with Crippen LogP contribution in [0, 0.1) is 0 Å². The Morgan fingerprint density at radius 3 is 0.758 bits per heavy atom. The molecule has 2 heterocycles. The largest absolute Gasteiger partial charge is 0.248 e. The molecule has 11 aromatic rings. The van der Waals surface area contributed by atoms with Crippen molar-refractivity contribution in [2.45, 2.75) is 0 Å². The molecule has 0 saturated carbocycles. The summed E-state index contributed by atoms with van der Waals surface area (Å²) in [6.45, 7) is 0. The molecule has 310 valence electrons. The molecule has 0 amide bonds. The van der Waals surface area contributed by atoms with Crippen molar-refractivity contribution in [3.63, 3.8) is 0 Å². The molecule has 0 unspecified atom stereocenters. The van der Waals surface area contributed by atoms with Crippen molar-refractivity contribution in [1.29, 1.82) is 0 Å². The summed E-state index contributed by atoms with van der Waals surface area (Å²) in [5.74, 6) is 1.94. The lowest BCUT2D eigenvalue weighted by Crippen LogP contribution is -2.00. The Bertz CT molecular complexity index is 3060. The third kappa shape index (κ3) is 8.59. The van der Waals surface area contributed by atoms with E-state index < -0.39 is 0 Å². The maximum Gasteiger partial charge on any atom is 0.164 e. The summed E-state index contributed by atoms with van der Waals surface area (Å²) in [6, 6.07) is 89.1. The van der Waals surface area contributed by atoms with E-state index in [1.807, 2.05) is 66.7 Å². The molecule has 4 nitrogen and oxygen atoms in total. The van der Waals surface area contributed by atoms with E-state index in [9.17, 15) is 0 Å². The number of hydrogen-bond acceptors (Lipinski definition) is 4. The second kappa shape index (κ2) is 18.1. The van der Waals surface area contributed by atoms with Gasteiger partial charge in [-0.3, -0.25) is 0 Å². The Morgan fingerprint density at radius 2 is 0.394 bits per heavy atom. The summed E-state index contributed by atoms with van der Waals surface area (Å²) in [4.78, 5) is 19.8. The molecule has 0 bridgehead atoms. The first kappa shape index (κ1) is 40.0. The molecule has 0 spiro atoms. The van der Waals surface area contributed by atoms with Crippen LogP contribution >= 0.6 is 0 Å². The molecule has 0 aliphatic rings. The first-order valence-electron chi connectivity index (χ1n) is 22.2. The fourth-order valence-corrected chi connectivity index (χ4v) is 8.43. The van der Waals surface area contributed by atoms with E-state index in [0.29, 0.717) is 17.5 Å². The highest BCUT2D eigenvalue weighted by molar-refractivity contribution is 5.81. The molecular weight excluding hydrogens is 801 g/mol. The van der Waals surface area contributed by atoms with Gasteiger partial charge in [0.15, 0.2) is 17.5 Å².